The number of esters is 3. The normalized spacial score (nSPS) is 13.0. The van der Waals surface area contributed by atoms with Crippen molar-refractivity contribution in [1.82, 2.24) is 0 Å². The summed E-state index contributed by atoms with van der Waals surface area (Å²) in [5, 5.41) is 0. The second kappa shape index (κ2) is 60.4. The minimum absolute atomic E-state index is 0.0919. The molecular formula is C67H110O6. The molecule has 0 aliphatic rings. The van der Waals surface area contributed by atoms with Gasteiger partial charge in [0, 0.05) is 19.3 Å². The highest BCUT2D eigenvalue weighted by Gasteiger charge is 2.19. The Labute approximate surface area is 450 Å². The molecule has 1 unspecified atom stereocenters. The SMILES string of the molecule is CC/C=C\C/C=C\C/C=C\C/C=C\C/C=C\C/C=C\CCCCCCCCCCCCC(=O)OCC(COC(=O)CCCCCCC/C=C\CCCC)OC(=O)CCCCCCC/C=C\C/C=C\C/C=C\CC. The monoisotopic (exact) mass is 1010 g/mol. The molecule has 0 aromatic rings. The van der Waals surface area contributed by atoms with Crippen LogP contribution in [0, 0.1) is 0 Å². The van der Waals surface area contributed by atoms with Crippen molar-refractivity contribution < 1.29 is 28.6 Å². The van der Waals surface area contributed by atoms with Gasteiger partial charge in [-0.1, -0.05) is 245 Å². The summed E-state index contributed by atoms with van der Waals surface area (Å²) in [7, 11) is 0. The number of unbranched alkanes of at least 4 members (excludes halogenated alkanes) is 22. The second-order valence-electron chi connectivity index (χ2n) is 19.5. The maximum absolute atomic E-state index is 12.8. The standard InChI is InChI=1S/C67H110O6/c1-4-7-10-13-16-19-22-24-26-27-28-29-30-31-32-33-34-35-36-37-38-39-41-42-45-48-51-54-57-60-66(69)72-63-64(62-71-65(68)59-56-53-50-47-44-21-18-15-12-9-6-3)73-67(70)61-58-55-52-49-46-43-40-25-23-20-17-14-11-8-5-2/h7-8,10-11,15-20,24-26,28-29,31-32,34-35,40,64H,4-6,9,12-14,21-23,27,30,33,36-39,41-63H2,1-3H3/b10-7-,11-8-,18-15-,19-16-,20-17-,26-24-,29-28-,32-31-,35-34-,40-25-. The molecule has 0 amide bonds. The Morgan fingerprint density at radius 1 is 0.288 bits per heavy atom. The number of hydrogen-bond donors (Lipinski definition) is 0. The summed E-state index contributed by atoms with van der Waals surface area (Å²) in [6, 6.07) is 0. The molecule has 0 aromatic heterocycles. The first-order valence-electron chi connectivity index (χ1n) is 30.0. The molecule has 0 saturated heterocycles. The summed E-state index contributed by atoms with van der Waals surface area (Å²) in [5.41, 5.74) is 0. The molecule has 6 nitrogen and oxygen atoms in total. The highest BCUT2D eigenvalue weighted by atomic mass is 16.6. The smallest absolute Gasteiger partial charge is 0.306 e. The third kappa shape index (κ3) is 58.6. The van der Waals surface area contributed by atoms with Crippen LogP contribution in [0.4, 0.5) is 0 Å². The molecule has 0 radical (unpaired) electrons. The quantitative estimate of drug-likeness (QED) is 0.0261. The lowest BCUT2D eigenvalue weighted by Crippen LogP contribution is -2.30. The Hall–Kier alpha value is -4.19. The van der Waals surface area contributed by atoms with E-state index in [1.54, 1.807) is 0 Å². The van der Waals surface area contributed by atoms with E-state index in [2.05, 4.69) is 142 Å². The molecule has 0 bridgehead atoms. The average Bonchev–Trinajstić information content (AvgIpc) is 3.39. The van der Waals surface area contributed by atoms with E-state index in [1.807, 2.05) is 0 Å². The Morgan fingerprint density at radius 2 is 0.534 bits per heavy atom. The lowest BCUT2D eigenvalue weighted by Gasteiger charge is -2.18. The van der Waals surface area contributed by atoms with Crippen molar-refractivity contribution in [2.75, 3.05) is 13.2 Å². The Bertz CT molecular complexity index is 1540. The summed E-state index contributed by atoms with van der Waals surface area (Å²) in [5.74, 6) is -0.924. The number of carbonyl (C=O) groups excluding carboxylic acids is 3. The lowest BCUT2D eigenvalue weighted by atomic mass is 10.1. The van der Waals surface area contributed by atoms with Crippen molar-refractivity contribution in [2.24, 2.45) is 0 Å². The van der Waals surface area contributed by atoms with E-state index in [-0.39, 0.29) is 31.1 Å². The number of hydrogen-bond acceptors (Lipinski definition) is 6. The molecule has 0 aliphatic heterocycles. The molecule has 0 spiro atoms. The number of carbonyl (C=O) groups is 3. The van der Waals surface area contributed by atoms with Crippen LogP contribution >= 0.6 is 0 Å². The minimum atomic E-state index is -0.795. The van der Waals surface area contributed by atoms with Gasteiger partial charge >= 0.3 is 17.9 Å². The van der Waals surface area contributed by atoms with E-state index >= 15 is 0 Å². The molecule has 6 heteroatoms. The van der Waals surface area contributed by atoms with Gasteiger partial charge in [0.1, 0.15) is 13.2 Å². The first-order chi connectivity index (χ1) is 36.0. The summed E-state index contributed by atoms with van der Waals surface area (Å²) < 4.78 is 16.8. The zero-order chi connectivity index (χ0) is 52.9. The average molecular weight is 1010 g/mol. The summed E-state index contributed by atoms with van der Waals surface area (Å²) in [6.45, 7) is 6.35. The molecule has 73 heavy (non-hydrogen) atoms. The third-order valence-electron chi connectivity index (χ3n) is 12.4. The van der Waals surface area contributed by atoms with Crippen LogP contribution in [0.2, 0.25) is 0 Å². The number of ether oxygens (including phenoxy) is 3. The van der Waals surface area contributed by atoms with Gasteiger partial charge in [0.25, 0.3) is 0 Å². The fourth-order valence-electron chi connectivity index (χ4n) is 7.97. The van der Waals surface area contributed by atoms with Crippen molar-refractivity contribution in [3.63, 3.8) is 0 Å². The highest BCUT2D eigenvalue weighted by Crippen LogP contribution is 2.15. The van der Waals surface area contributed by atoms with E-state index < -0.39 is 6.10 Å². The van der Waals surface area contributed by atoms with Gasteiger partial charge in [-0.3, -0.25) is 14.4 Å². The lowest BCUT2D eigenvalue weighted by molar-refractivity contribution is -0.167. The maximum Gasteiger partial charge on any atom is 0.306 e. The number of allylic oxidation sites excluding steroid dienone is 20. The Kier molecular flexibility index (Phi) is 56.9. The van der Waals surface area contributed by atoms with Gasteiger partial charge in [0.15, 0.2) is 6.10 Å². The van der Waals surface area contributed by atoms with Gasteiger partial charge in [-0.25, -0.2) is 0 Å². The van der Waals surface area contributed by atoms with Crippen LogP contribution in [0.15, 0.2) is 122 Å². The fraction of sp³-hybridized carbons (Fsp3) is 0.657. The van der Waals surface area contributed by atoms with E-state index in [0.29, 0.717) is 19.3 Å². The Morgan fingerprint density at radius 3 is 0.849 bits per heavy atom. The van der Waals surface area contributed by atoms with E-state index in [1.165, 1.54) is 77.0 Å². The van der Waals surface area contributed by atoms with Crippen LogP contribution in [0.1, 0.15) is 265 Å². The Balaban J connectivity index is 4.27. The largest absolute Gasteiger partial charge is 0.462 e. The van der Waals surface area contributed by atoms with Crippen LogP contribution in [-0.2, 0) is 28.6 Å². The van der Waals surface area contributed by atoms with Gasteiger partial charge in [0.2, 0.25) is 0 Å². The molecule has 0 N–H and O–H groups in total. The van der Waals surface area contributed by atoms with Gasteiger partial charge in [-0.15, -0.1) is 0 Å². The second-order valence-corrected chi connectivity index (χ2v) is 19.5. The minimum Gasteiger partial charge on any atom is -0.462 e. The van der Waals surface area contributed by atoms with Crippen LogP contribution < -0.4 is 0 Å². The maximum atomic E-state index is 12.8. The first kappa shape index (κ1) is 68.8. The van der Waals surface area contributed by atoms with Gasteiger partial charge in [-0.2, -0.15) is 0 Å². The molecule has 0 aliphatic carbocycles. The fourth-order valence-corrected chi connectivity index (χ4v) is 7.97. The summed E-state index contributed by atoms with van der Waals surface area (Å²) >= 11 is 0. The van der Waals surface area contributed by atoms with Crippen LogP contribution in [0.5, 0.6) is 0 Å². The van der Waals surface area contributed by atoms with Crippen LogP contribution in [-0.4, -0.2) is 37.2 Å². The van der Waals surface area contributed by atoms with Crippen molar-refractivity contribution in [3.05, 3.63) is 122 Å². The highest BCUT2D eigenvalue weighted by molar-refractivity contribution is 5.71. The van der Waals surface area contributed by atoms with E-state index in [4.69, 9.17) is 14.2 Å². The topological polar surface area (TPSA) is 78.9 Å². The number of rotatable bonds is 53. The van der Waals surface area contributed by atoms with Crippen molar-refractivity contribution in [1.29, 1.82) is 0 Å². The molecule has 0 rings (SSSR count). The van der Waals surface area contributed by atoms with Gasteiger partial charge < -0.3 is 14.2 Å². The molecule has 414 valence electrons. The molecule has 0 saturated carbocycles. The molecular weight excluding hydrogens is 901 g/mol. The van der Waals surface area contributed by atoms with Crippen molar-refractivity contribution in [2.45, 2.75) is 271 Å². The van der Waals surface area contributed by atoms with E-state index in [9.17, 15) is 14.4 Å². The van der Waals surface area contributed by atoms with Gasteiger partial charge in [-0.05, 0) is 122 Å². The molecule has 1 atom stereocenters. The third-order valence-corrected chi connectivity index (χ3v) is 12.4. The van der Waals surface area contributed by atoms with Crippen molar-refractivity contribution in [3.8, 4) is 0 Å². The first-order valence-corrected chi connectivity index (χ1v) is 30.0. The molecule has 0 aromatic carbocycles. The van der Waals surface area contributed by atoms with E-state index in [0.717, 1.165) is 148 Å². The predicted molar refractivity (Wildman–Crippen MR) is 316 cm³/mol. The zero-order valence-electron chi connectivity index (χ0n) is 47.4. The predicted octanol–water partition coefficient (Wildman–Crippen LogP) is 20.4. The van der Waals surface area contributed by atoms with Crippen LogP contribution in [0.3, 0.4) is 0 Å². The zero-order valence-corrected chi connectivity index (χ0v) is 47.4. The summed E-state index contributed by atoms with van der Waals surface area (Å²) in [4.78, 5) is 38.1. The molecule has 0 heterocycles. The molecule has 0 fully saturated rings. The van der Waals surface area contributed by atoms with Crippen LogP contribution in [0.25, 0.3) is 0 Å². The van der Waals surface area contributed by atoms with Crippen molar-refractivity contribution >= 4 is 17.9 Å². The summed E-state index contributed by atoms with van der Waals surface area (Å²) in [6.07, 6.45) is 83.4. The van der Waals surface area contributed by atoms with Gasteiger partial charge in [0.05, 0.1) is 0 Å².